The van der Waals surface area contributed by atoms with Gasteiger partial charge < -0.3 is 0 Å². The smallest absolute Gasteiger partial charge is 0.263 e. The first-order valence-corrected chi connectivity index (χ1v) is 9.94. The molecule has 3 amide bonds. The van der Waals surface area contributed by atoms with E-state index < -0.39 is 0 Å². The lowest BCUT2D eigenvalue weighted by molar-refractivity contribution is -0.119. The van der Waals surface area contributed by atoms with E-state index in [-0.39, 0.29) is 24.4 Å². The molecule has 0 fully saturated rings. The molecule has 0 saturated carbocycles. The largest absolute Gasteiger partial charge is 0.294 e. The van der Waals surface area contributed by atoms with Crippen molar-refractivity contribution in [1.29, 1.82) is 0 Å². The summed E-state index contributed by atoms with van der Waals surface area (Å²) in [7, 11) is 0. The van der Waals surface area contributed by atoms with Crippen LogP contribution in [-0.4, -0.2) is 29.3 Å². The first kappa shape index (κ1) is 19.8. The fourth-order valence-electron chi connectivity index (χ4n) is 3.44. The Kier molecular flexibility index (Phi) is 6.58. The molecule has 5 nitrogen and oxygen atoms in total. The molecule has 28 heavy (non-hydrogen) atoms. The molecule has 146 valence electrons. The summed E-state index contributed by atoms with van der Waals surface area (Å²) in [6.07, 6.45) is 5.67. The van der Waals surface area contributed by atoms with Crippen molar-refractivity contribution in [2.75, 3.05) is 11.6 Å². The van der Waals surface area contributed by atoms with Crippen molar-refractivity contribution in [2.24, 2.45) is 0 Å². The molecule has 3 rings (SSSR count). The predicted molar refractivity (Wildman–Crippen MR) is 109 cm³/mol. The van der Waals surface area contributed by atoms with Crippen LogP contribution in [0.1, 0.15) is 66.2 Å². The fraction of sp³-hybridized carbons (Fsp3) is 0.348. The number of fused-ring (bicyclic) bond motifs is 1. The Morgan fingerprint density at radius 1 is 0.821 bits per heavy atom. The van der Waals surface area contributed by atoms with Crippen LogP contribution in [0.2, 0.25) is 0 Å². The number of para-hydroxylation sites is 1. The summed E-state index contributed by atoms with van der Waals surface area (Å²) in [5.41, 5.74) is 1.48. The Labute approximate surface area is 166 Å². The van der Waals surface area contributed by atoms with Gasteiger partial charge in [-0.15, -0.1) is 0 Å². The zero-order chi connectivity index (χ0) is 19.9. The van der Waals surface area contributed by atoms with E-state index in [0.717, 1.165) is 30.6 Å². The number of carbonyl (C=O) groups excluding carboxylic acids is 3. The Balaban J connectivity index is 1.74. The third-order valence-electron chi connectivity index (χ3n) is 5.02. The summed E-state index contributed by atoms with van der Waals surface area (Å²) in [6.45, 7) is 2.09. The summed E-state index contributed by atoms with van der Waals surface area (Å²) in [6, 6.07) is 16.0. The molecule has 0 bridgehead atoms. The van der Waals surface area contributed by atoms with Gasteiger partial charge in [0.2, 0.25) is 5.91 Å². The highest BCUT2D eigenvalue weighted by Crippen LogP contribution is 2.25. The van der Waals surface area contributed by atoms with Crippen molar-refractivity contribution < 1.29 is 14.4 Å². The minimum atomic E-state index is -0.350. The normalized spacial score (nSPS) is 13.0. The summed E-state index contributed by atoms with van der Waals surface area (Å²) in [5.74, 6) is -0.770. The minimum Gasteiger partial charge on any atom is -0.294 e. The molecule has 1 heterocycles. The van der Waals surface area contributed by atoms with E-state index in [1.54, 1.807) is 29.2 Å². The SMILES string of the molecule is CCCCCCCC(=O)N(CN1C(=O)c2ccccc2C1=O)c1ccccc1. The van der Waals surface area contributed by atoms with Crippen molar-refractivity contribution in [3.8, 4) is 0 Å². The van der Waals surface area contributed by atoms with E-state index in [1.807, 2.05) is 30.3 Å². The Morgan fingerprint density at radius 2 is 1.39 bits per heavy atom. The van der Waals surface area contributed by atoms with Gasteiger partial charge in [0.25, 0.3) is 11.8 Å². The minimum absolute atomic E-state index is 0.0653. The molecule has 0 unspecified atom stereocenters. The van der Waals surface area contributed by atoms with Gasteiger partial charge in [0.1, 0.15) is 6.67 Å². The number of amides is 3. The molecule has 0 spiro atoms. The summed E-state index contributed by atoms with van der Waals surface area (Å²) in [5, 5.41) is 0. The standard InChI is InChI=1S/C23H26N2O3/c1-2-3-4-5-9-16-21(26)24(18-12-7-6-8-13-18)17-25-22(27)19-14-10-11-15-20(19)23(25)28/h6-8,10-15H,2-5,9,16-17H2,1H3. The highest BCUT2D eigenvalue weighted by atomic mass is 16.2. The van der Waals surface area contributed by atoms with E-state index >= 15 is 0 Å². The molecular formula is C23H26N2O3. The van der Waals surface area contributed by atoms with Gasteiger partial charge >= 0.3 is 0 Å². The molecular weight excluding hydrogens is 352 g/mol. The van der Waals surface area contributed by atoms with Crippen LogP contribution in [0.4, 0.5) is 5.69 Å². The summed E-state index contributed by atoms with van der Waals surface area (Å²) < 4.78 is 0. The van der Waals surface area contributed by atoms with Crippen LogP contribution in [0.15, 0.2) is 54.6 Å². The number of hydrogen-bond acceptors (Lipinski definition) is 3. The van der Waals surface area contributed by atoms with Crippen LogP contribution in [0.3, 0.4) is 0 Å². The lowest BCUT2D eigenvalue weighted by atomic mass is 10.1. The van der Waals surface area contributed by atoms with Crippen molar-refractivity contribution in [2.45, 2.75) is 45.4 Å². The number of carbonyl (C=O) groups is 3. The first-order valence-electron chi connectivity index (χ1n) is 9.94. The third-order valence-corrected chi connectivity index (χ3v) is 5.02. The van der Waals surface area contributed by atoms with Crippen LogP contribution < -0.4 is 4.90 Å². The molecule has 0 N–H and O–H groups in total. The number of imide groups is 1. The lowest BCUT2D eigenvalue weighted by Crippen LogP contribution is -2.44. The lowest BCUT2D eigenvalue weighted by Gasteiger charge is -2.27. The maximum atomic E-state index is 12.9. The molecule has 2 aromatic rings. The average Bonchev–Trinajstić information content (AvgIpc) is 2.97. The average molecular weight is 378 g/mol. The topological polar surface area (TPSA) is 57.7 Å². The zero-order valence-corrected chi connectivity index (χ0v) is 16.3. The number of benzene rings is 2. The van der Waals surface area contributed by atoms with Crippen molar-refractivity contribution >= 4 is 23.4 Å². The maximum Gasteiger partial charge on any atom is 0.263 e. The number of hydrogen-bond donors (Lipinski definition) is 0. The summed E-state index contributed by atoms with van der Waals surface area (Å²) in [4.78, 5) is 41.0. The molecule has 0 saturated heterocycles. The van der Waals surface area contributed by atoms with Gasteiger partial charge in [-0.25, -0.2) is 0 Å². The zero-order valence-electron chi connectivity index (χ0n) is 16.3. The Morgan fingerprint density at radius 3 is 2.00 bits per heavy atom. The molecule has 1 aliphatic rings. The van der Waals surface area contributed by atoms with Gasteiger partial charge in [0.15, 0.2) is 0 Å². The van der Waals surface area contributed by atoms with E-state index in [9.17, 15) is 14.4 Å². The van der Waals surface area contributed by atoms with Crippen LogP contribution in [-0.2, 0) is 4.79 Å². The molecule has 0 radical (unpaired) electrons. The highest BCUT2D eigenvalue weighted by molar-refractivity contribution is 6.21. The van der Waals surface area contributed by atoms with Gasteiger partial charge in [-0.3, -0.25) is 24.2 Å². The monoisotopic (exact) mass is 378 g/mol. The van der Waals surface area contributed by atoms with Gasteiger partial charge in [-0.05, 0) is 30.7 Å². The first-order chi connectivity index (χ1) is 13.6. The van der Waals surface area contributed by atoms with Crippen LogP contribution >= 0.6 is 0 Å². The fourth-order valence-corrected chi connectivity index (χ4v) is 3.44. The van der Waals surface area contributed by atoms with Crippen molar-refractivity contribution in [3.05, 3.63) is 65.7 Å². The molecule has 1 aliphatic heterocycles. The van der Waals surface area contributed by atoms with E-state index in [1.165, 1.54) is 6.42 Å². The van der Waals surface area contributed by atoms with Gasteiger partial charge in [0.05, 0.1) is 11.1 Å². The van der Waals surface area contributed by atoms with Crippen LogP contribution in [0.5, 0.6) is 0 Å². The molecule has 0 aliphatic carbocycles. The predicted octanol–water partition coefficient (Wildman–Crippen LogP) is 4.63. The quantitative estimate of drug-likeness (QED) is 0.472. The number of nitrogens with zero attached hydrogens (tertiary/aromatic N) is 2. The third kappa shape index (κ3) is 4.30. The molecule has 5 heteroatoms. The Hall–Kier alpha value is -2.95. The Bertz CT molecular complexity index is 813. The second-order valence-corrected chi connectivity index (χ2v) is 7.05. The van der Waals surface area contributed by atoms with E-state index in [0.29, 0.717) is 23.2 Å². The second kappa shape index (κ2) is 9.31. The molecule has 0 atom stereocenters. The number of anilines is 1. The van der Waals surface area contributed by atoms with Crippen molar-refractivity contribution in [1.82, 2.24) is 4.90 Å². The highest BCUT2D eigenvalue weighted by Gasteiger charge is 2.37. The van der Waals surface area contributed by atoms with E-state index in [2.05, 4.69) is 6.92 Å². The summed E-state index contributed by atoms with van der Waals surface area (Å²) >= 11 is 0. The maximum absolute atomic E-state index is 12.9. The van der Waals surface area contributed by atoms with Gasteiger partial charge in [-0.1, -0.05) is 62.9 Å². The van der Waals surface area contributed by atoms with E-state index in [4.69, 9.17) is 0 Å². The van der Waals surface area contributed by atoms with Gasteiger partial charge in [-0.2, -0.15) is 0 Å². The molecule has 2 aromatic carbocycles. The van der Waals surface area contributed by atoms with Crippen LogP contribution in [0, 0.1) is 0 Å². The number of rotatable bonds is 9. The van der Waals surface area contributed by atoms with Gasteiger partial charge in [0, 0.05) is 12.1 Å². The second-order valence-electron chi connectivity index (χ2n) is 7.05. The molecule has 0 aromatic heterocycles. The number of unbranched alkanes of at least 4 members (excludes halogenated alkanes) is 4. The van der Waals surface area contributed by atoms with Crippen LogP contribution in [0.25, 0.3) is 0 Å². The van der Waals surface area contributed by atoms with Crippen molar-refractivity contribution in [3.63, 3.8) is 0 Å².